The van der Waals surface area contributed by atoms with Crippen LogP contribution in [0, 0.1) is 13.8 Å². The molecule has 1 aromatic heterocycles. The molecular weight excluding hydrogens is 346 g/mol. The van der Waals surface area contributed by atoms with Gasteiger partial charge in [0.15, 0.2) is 0 Å². The van der Waals surface area contributed by atoms with Crippen molar-refractivity contribution < 1.29 is 9.90 Å². The Kier molecular flexibility index (Phi) is 4.05. The SMILES string of the molecule is Cc1cc2c(cc1C1(c3ncc(C(=O)O)cc3C)CC1)C(C)(C)CCC2(C)C. The van der Waals surface area contributed by atoms with E-state index in [0.29, 0.717) is 0 Å². The summed E-state index contributed by atoms with van der Waals surface area (Å²) in [5.41, 5.74) is 8.33. The highest BCUT2D eigenvalue weighted by Gasteiger charge is 2.50. The standard InChI is InChI=1S/C25H31NO2/c1-15-12-19-20(24(5,6)8-7-23(19,3)4)13-18(15)25(9-10-25)21-16(2)11-17(14-26-21)22(27)28/h11-14H,7-10H2,1-6H3,(H,27,28). The lowest BCUT2D eigenvalue weighted by Gasteiger charge is -2.43. The molecular formula is C25H31NO2. The van der Waals surface area contributed by atoms with Gasteiger partial charge in [-0.15, -0.1) is 0 Å². The molecule has 0 unspecified atom stereocenters. The van der Waals surface area contributed by atoms with Crippen LogP contribution < -0.4 is 0 Å². The van der Waals surface area contributed by atoms with Gasteiger partial charge in [0.2, 0.25) is 0 Å². The first-order valence-corrected chi connectivity index (χ1v) is 10.3. The van der Waals surface area contributed by atoms with Crippen LogP contribution >= 0.6 is 0 Å². The maximum absolute atomic E-state index is 11.3. The molecule has 3 nitrogen and oxygen atoms in total. The molecule has 0 radical (unpaired) electrons. The molecule has 1 aromatic carbocycles. The van der Waals surface area contributed by atoms with Gasteiger partial charge in [-0.25, -0.2) is 4.79 Å². The molecule has 0 spiro atoms. The van der Waals surface area contributed by atoms with Crippen molar-refractivity contribution in [3.05, 3.63) is 63.5 Å². The second-order valence-corrected chi connectivity index (χ2v) is 10.3. The van der Waals surface area contributed by atoms with Gasteiger partial charge in [0, 0.05) is 11.6 Å². The minimum absolute atomic E-state index is 0.0576. The molecule has 0 bridgehead atoms. The van der Waals surface area contributed by atoms with Crippen molar-refractivity contribution in [2.45, 2.75) is 83.5 Å². The molecule has 0 amide bonds. The Bertz CT molecular complexity index is 980. The first-order chi connectivity index (χ1) is 13.0. The number of benzene rings is 1. The monoisotopic (exact) mass is 377 g/mol. The quantitative estimate of drug-likeness (QED) is 0.732. The summed E-state index contributed by atoms with van der Waals surface area (Å²) >= 11 is 0. The Morgan fingerprint density at radius 3 is 1.93 bits per heavy atom. The van der Waals surface area contributed by atoms with Crippen LogP contribution in [-0.4, -0.2) is 16.1 Å². The van der Waals surface area contributed by atoms with Gasteiger partial charge in [-0.2, -0.15) is 0 Å². The van der Waals surface area contributed by atoms with E-state index in [1.54, 1.807) is 6.07 Å². The van der Waals surface area contributed by atoms with Crippen LogP contribution in [0.4, 0.5) is 0 Å². The number of rotatable bonds is 3. The van der Waals surface area contributed by atoms with E-state index in [-0.39, 0.29) is 21.8 Å². The van der Waals surface area contributed by atoms with Crippen molar-refractivity contribution in [1.82, 2.24) is 4.98 Å². The van der Waals surface area contributed by atoms with Crippen molar-refractivity contribution >= 4 is 5.97 Å². The van der Waals surface area contributed by atoms with Crippen molar-refractivity contribution in [3.63, 3.8) is 0 Å². The van der Waals surface area contributed by atoms with Gasteiger partial charge >= 0.3 is 5.97 Å². The van der Waals surface area contributed by atoms with Crippen molar-refractivity contribution in [3.8, 4) is 0 Å². The van der Waals surface area contributed by atoms with Crippen molar-refractivity contribution in [2.75, 3.05) is 0 Å². The highest BCUT2D eigenvalue weighted by molar-refractivity contribution is 5.87. The zero-order valence-corrected chi connectivity index (χ0v) is 17.9. The highest BCUT2D eigenvalue weighted by atomic mass is 16.4. The smallest absolute Gasteiger partial charge is 0.337 e. The topological polar surface area (TPSA) is 50.2 Å². The number of aromatic carboxylic acids is 1. The highest BCUT2D eigenvalue weighted by Crippen LogP contribution is 2.56. The summed E-state index contributed by atoms with van der Waals surface area (Å²) in [6.07, 6.45) is 6.10. The number of hydrogen-bond acceptors (Lipinski definition) is 2. The molecule has 0 saturated heterocycles. The number of fused-ring (bicyclic) bond motifs is 1. The molecule has 1 fully saturated rings. The Hall–Kier alpha value is -2.16. The van der Waals surface area contributed by atoms with Crippen LogP contribution in [0.1, 0.15) is 97.2 Å². The van der Waals surface area contributed by atoms with Gasteiger partial charge in [-0.05, 0) is 84.2 Å². The first kappa shape index (κ1) is 19.2. The molecule has 3 heteroatoms. The third-order valence-electron chi connectivity index (χ3n) is 7.24. The number of aryl methyl sites for hydroxylation is 2. The number of pyridine rings is 1. The van der Waals surface area contributed by atoms with Crippen LogP contribution in [0.2, 0.25) is 0 Å². The summed E-state index contributed by atoms with van der Waals surface area (Å²) in [7, 11) is 0. The molecule has 28 heavy (non-hydrogen) atoms. The van der Waals surface area contributed by atoms with E-state index >= 15 is 0 Å². The lowest BCUT2D eigenvalue weighted by Crippen LogP contribution is -2.34. The molecule has 1 heterocycles. The van der Waals surface area contributed by atoms with Gasteiger partial charge in [0.05, 0.1) is 11.3 Å². The fourth-order valence-electron chi connectivity index (χ4n) is 5.19. The number of carboxylic acids is 1. The van der Waals surface area contributed by atoms with Crippen molar-refractivity contribution in [2.24, 2.45) is 0 Å². The van der Waals surface area contributed by atoms with E-state index in [1.165, 1.54) is 41.3 Å². The predicted octanol–water partition coefficient (Wildman–Crippen LogP) is 5.83. The van der Waals surface area contributed by atoms with E-state index in [0.717, 1.165) is 24.1 Å². The number of aromatic nitrogens is 1. The molecule has 0 atom stereocenters. The van der Waals surface area contributed by atoms with E-state index in [4.69, 9.17) is 0 Å². The molecule has 1 saturated carbocycles. The minimum Gasteiger partial charge on any atom is -0.478 e. The second kappa shape index (κ2) is 5.92. The van der Waals surface area contributed by atoms with Gasteiger partial charge < -0.3 is 5.11 Å². The Balaban J connectivity index is 1.88. The van der Waals surface area contributed by atoms with E-state index < -0.39 is 5.97 Å². The number of hydrogen-bond donors (Lipinski definition) is 1. The van der Waals surface area contributed by atoms with E-state index in [2.05, 4.69) is 51.7 Å². The summed E-state index contributed by atoms with van der Waals surface area (Å²) in [5, 5.41) is 9.28. The Labute approximate surface area is 168 Å². The maximum Gasteiger partial charge on any atom is 0.337 e. The van der Waals surface area contributed by atoms with Gasteiger partial charge in [-0.3, -0.25) is 4.98 Å². The van der Waals surface area contributed by atoms with Gasteiger partial charge in [-0.1, -0.05) is 39.8 Å². The van der Waals surface area contributed by atoms with Crippen LogP contribution in [0.25, 0.3) is 0 Å². The van der Waals surface area contributed by atoms with Crippen LogP contribution in [0.15, 0.2) is 24.4 Å². The zero-order chi connectivity index (χ0) is 20.5. The normalized spacial score (nSPS) is 21.1. The minimum atomic E-state index is -0.916. The average Bonchev–Trinajstić information content (AvgIpc) is 3.40. The Morgan fingerprint density at radius 2 is 1.43 bits per heavy atom. The average molecular weight is 378 g/mol. The summed E-state index contributed by atoms with van der Waals surface area (Å²) in [5.74, 6) is -0.916. The summed E-state index contributed by atoms with van der Waals surface area (Å²) in [4.78, 5) is 16.0. The Morgan fingerprint density at radius 1 is 0.857 bits per heavy atom. The summed E-state index contributed by atoms with van der Waals surface area (Å²) < 4.78 is 0. The third-order valence-corrected chi connectivity index (χ3v) is 7.24. The maximum atomic E-state index is 11.3. The fraction of sp³-hybridized carbons (Fsp3) is 0.520. The van der Waals surface area contributed by atoms with Crippen molar-refractivity contribution in [1.29, 1.82) is 0 Å². The van der Waals surface area contributed by atoms with Crippen LogP contribution in [-0.2, 0) is 16.2 Å². The lowest BCUT2D eigenvalue weighted by molar-refractivity contribution is 0.0696. The molecule has 2 aliphatic rings. The molecule has 4 rings (SSSR count). The van der Waals surface area contributed by atoms with Crippen LogP contribution in [0.3, 0.4) is 0 Å². The summed E-state index contributed by atoms with van der Waals surface area (Å²) in [6.45, 7) is 13.7. The van der Waals surface area contributed by atoms with E-state index in [1.807, 2.05) is 6.92 Å². The molecule has 148 valence electrons. The third kappa shape index (κ3) is 2.78. The second-order valence-electron chi connectivity index (χ2n) is 10.3. The lowest BCUT2D eigenvalue weighted by atomic mass is 9.62. The largest absolute Gasteiger partial charge is 0.478 e. The summed E-state index contributed by atoms with van der Waals surface area (Å²) in [6, 6.07) is 6.66. The number of carbonyl (C=O) groups is 1. The fourth-order valence-corrected chi connectivity index (χ4v) is 5.19. The first-order valence-electron chi connectivity index (χ1n) is 10.3. The van der Waals surface area contributed by atoms with Crippen LogP contribution in [0.5, 0.6) is 0 Å². The number of carboxylic acid groups (broad SMARTS) is 1. The molecule has 2 aliphatic carbocycles. The predicted molar refractivity (Wildman–Crippen MR) is 112 cm³/mol. The van der Waals surface area contributed by atoms with Gasteiger partial charge in [0.25, 0.3) is 0 Å². The molecule has 1 N–H and O–H groups in total. The molecule has 0 aliphatic heterocycles. The van der Waals surface area contributed by atoms with E-state index in [9.17, 15) is 9.90 Å². The number of nitrogens with zero attached hydrogens (tertiary/aromatic N) is 1. The molecule has 2 aromatic rings. The van der Waals surface area contributed by atoms with Gasteiger partial charge in [0.1, 0.15) is 0 Å². The zero-order valence-electron chi connectivity index (χ0n) is 17.9.